The first-order chi connectivity index (χ1) is 13.7. The molecule has 0 aromatic rings. The van der Waals surface area contributed by atoms with E-state index in [2.05, 4.69) is 4.18 Å². The van der Waals surface area contributed by atoms with Gasteiger partial charge in [-0.25, -0.2) is 21.6 Å². The molecule has 0 aromatic carbocycles. The van der Waals surface area contributed by atoms with Crippen LogP contribution in [0.5, 0.6) is 0 Å². The molecule has 0 saturated carbocycles. The van der Waals surface area contributed by atoms with E-state index in [9.17, 15) is 46.1 Å². The molecule has 21 heteroatoms. The van der Waals surface area contributed by atoms with E-state index in [-0.39, 0.29) is 95.3 Å². The summed E-state index contributed by atoms with van der Waals surface area (Å²) in [6.07, 6.45) is -11.7. The molecule has 172 valence electrons. The van der Waals surface area contributed by atoms with E-state index in [1.54, 1.807) is 4.72 Å². The first-order valence-corrected chi connectivity index (χ1v) is 10.7. The molecule has 3 heterocycles. The number of ether oxygens (including phenoxy) is 4. The molecular formula is C12H14NNa3O15S2. The van der Waals surface area contributed by atoms with Crippen LogP contribution in [0.2, 0.25) is 0 Å². The van der Waals surface area contributed by atoms with E-state index in [0.717, 1.165) is 0 Å². The molecule has 8 atom stereocenters. The number of carboxylic acid groups (broad SMARTS) is 1. The minimum Gasteiger partial charge on any atom is -0.735 e. The fourth-order valence-electron chi connectivity index (χ4n) is 3.10. The van der Waals surface area contributed by atoms with Crippen molar-refractivity contribution >= 4 is 26.7 Å². The number of fused-ring (bicyclic) bond motifs is 2. The number of rotatable bonds is 7. The van der Waals surface area contributed by atoms with Crippen molar-refractivity contribution in [1.82, 2.24) is 4.72 Å². The van der Waals surface area contributed by atoms with Crippen molar-refractivity contribution in [1.29, 1.82) is 0 Å². The van der Waals surface area contributed by atoms with Gasteiger partial charge in [0.1, 0.15) is 42.2 Å². The number of aliphatic hydroxyl groups excluding tert-OH is 2. The van der Waals surface area contributed by atoms with Gasteiger partial charge in [0, 0.05) is 0 Å². The minimum absolute atomic E-state index is 0. The molecular weight excluding hydrogens is 531 g/mol. The number of carbonyl (C=O) groups excluding carboxylic acids is 1. The van der Waals surface area contributed by atoms with Gasteiger partial charge in [-0.1, -0.05) is 0 Å². The van der Waals surface area contributed by atoms with E-state index in [1.165, 1.54) is 0 Å². The Bertz CT molecular complexity index is 930. The van der Waals surface area contributed by atoms with Crippen molar-refractivity contribution in [3.63, 3.8) is 0 Å². The average molecular weight is 545 g/mol. The maximum Gasteiger partial charge on any atom is 1.00 e. The summed E-state index contributed by atoms with van der Waals surface area (Å²) in [5.41, 5.74) is 0. The van der Waals surface area contributed by atoms with Crippen molar-refractivity contribution < 1.29 is 158 Å². The maximum atomic E-state index is 11.0. The van der Waals surface area contributed by atoms with Crippen LogP contribution < -0.4 is 98.5 Å². The molecule has 0 unspecified atom stereocenters. The molecule has 2 saturated heterocycles. The second-order valence-electron chi connectivity index (χ2n) is 6.33. The summed E-state index contributed by atoms with van der Waals surface area (Å²) in [5.74, 6) is -2.94. The Morgan fingerprint density at radius 2 is 1.73 bits per heavy atom. The largest absolute Gasteiger partial charge is 1.00 e. The van der Waals surface area contributed by atoms with Gasteiger partial charge in [-0.05, 0) is 6.08 Å². The van der Waals surface area contributed by atoms with Gasteiger partial charge in [0.25, 0.3) is 0 Å². The van der Waals surface area contributed by atoms with Crippen LogP contribution in [0.25, 0.3) is 0 Å². The summed E-state index contributed by atoms with van der Waals surface area (Å²) in [6, 6.07) is -1.66. The molecule has 3 aliphatic rings. The third-order valence-electron chi connectivity index (χ3n) is 4.27. The zero-order valence-electron chi connectivity index (χ0n) is 17.4. The molecule has 2 bridgehead atoms. The van der Waals surface area contributed by atoms with Crippen LogP contribution in [0.15, 0.2) is 11.8 Å². The van der Waals surface area contributed by atoms with Crippen molar-refractivity contribution in [3.05, 3.63) is 11.8 Å². The van der Waals surface area contributed by atoms with Gasteiger partial charge >= 0.3 is 88.7 Å². The molecule has 3 aliphatic heterocycles. The molecule has 2 fully saturated rings. The summed E-state index contributed by atoms with van der Waals surface area (Å²) in [7, 11) is -10.5. The predicted octanol–water partition coefficient (Wildman–Crippen LogP) is -14.9. The molecule has 0 amide bonds. The first-order valence-electron chi connectivity index (χ1n) is 8.01. The number of hydrogen-bond acceptors (Lipinski definition) is 15. The predicted molar refractivity (Wildman–Crippen MR) is 80.7 cm³/mol. The summed E-state index contributed by atoms with van der Waals surface area (Å²) >= 11 is 0. The zero-order chi connectivity index (χ0) is 22.4. The fourth-order valence-corrected chi connectivity index (χ4v) is 4.16. The van der Waals surface area contributed by atoms with E-state index in [0.29, 0.717) is 6.08 Å². The molecule has 0 radical (unpaired) electrons. The quantitative estimate of drug-likeness (QED) is 0.152. The van der Waals surface area contributed by atoms with Crippen LogP contribution in [0.4, 0.5) is 0 Å². The van der Waals surface area contributed by atoms with Gasteiger partial charge in [0.15, 0.2) is 22.7 Å². The Morgan fingerprint density at radius 3 is 2.24 bits per heavy atom. The minimum atomic E-state index is -5.44. The number of aliphatic carboxylic acids is 1. The van der Waals surface area contributed by atoms with Gasteiger partial charge in [0.05, 0.1) is 6.61 Å². The smallest absolute Gasteiger partial charge is 0.735 e. The normalized spacial score (nSPS) is 35.7. The molecule has 0 spiro atoms. The molecule has 0 aliphatic carbocycles. The van der Waals surface area contributed by atoms with Crippen molar-refractivity contribution in [3.8, 4) is 0 Å². The van der Waals surface area contributed by atoms with Crippen molar-refractivity contribution in [2.24, 2.45) is 0 Å². The van der Waals surface area contributed by atoms with Crippen LogP contribution in [0, 0.1) is 0 Å². The van der Waals surface area contributed by atoms with Gasteiger partial charge in [-0.3, -0.25) is 4.18 Å². The Labute approximate surface area is 254 Å². The third-order valence-corrected chi connectivity index (χ3v) is 5.29. The molecule has 33 heavy (non-hydrogen) atoms. The van der Waals surface area contributed by atoms with Crippen LogP contribution in [-0.4, -0.2) is 97.9 Å². The first kappa shape index (κ1) is 34.6. The second-order valence-corrected chi connectivity index (χ2v) is 8.48. The number of carboxylic acids is 1. The van der Waals surface area contributed by atoms with Crippen LogP contribution in [0.3, 0.4) is 0 Å². The standard InChI is InChI=1S/C12H17NO15S2.3Na/c14-3-1-4(10(16)17)25-12(8(3)28-30(21,22)23)27-9-5-2-24-11(26-5)6(7(9)15)13-29(18,19)20;;;/h1,3,5-9,11-15H,2H2,(H,16,17)(H,18,19,20)(H,21,22,23);;;/q;3*+1/p-3/t3-,5+,6-,7+,8+,9+,11-,12-;;;/m0.../s1. The Kier molecular flexibility index (Phi) is 14.0. The van der Waals surface area contributed by atoms with Crippen molar-refractivity contribution in [2.75, 3.05) is 6.61 Å². The number of carbonyl (C=O) groups is 1. The van der Waals surface area contributed by atoms with E-state index < -0.39 is 81.6 Å². The monoisotopic (exact) mass is 545 g/mol. The van der Waals surface area contributed by atoms with E-state index in [1.807, 2.05) is 0 Å². The Balaban J connectivity index is 0.00000341. The Hall–Kier alpha value is 1.55. The molecule has 16 nitrogen and oxygen atoms in total. The van der Waals surface area contributed by atoms with Gasteiger partial charge in [-0.15, -0.1) is 0 Å². The van der Waals surface area contributed by atoms with Crippen molar-refractivity contribution in [2.45, 2.75) is 49.1 Å². The van der Waals surface area contributed by atoms with E-state index in [4.69, 9.17) is 18.9 Å². The van der Waals surface area contributed by atoms with Crippen LogP contribution in [-0.2, 0) is 48.6 Å². The van der Waals surface area contributed by atoms with Gasteiger partial charge < -0.3 is 48.2 Å². The topological polar surface area (TPSA) is 253 Å². The second kappa shape index (κ2) is 13.4. The average Bonchev–Trinajstić information content (AvgIpc) is 3.02. The SMILES string of the molecule is O=C([O-])C1=C[C@H](O)[C@@H](OS(=O)(=O)[O-])[C@H](O[C@H]2[C@H](O)[C@H](NS(=O)(=O)[O-])[C@H]3OC[C@H]2O3)O1.[Na+].[Na+].[Na+]. The molecule has 3 rings (SSSR count). The summed E-state index contributed by atoms with van der Waals surface area (Å²) in [5, 5.41) is 31.4. The van der Waals surface area contributed by atoms with Gasteiger partial charge in [0.2, 0.25) is 16.7 Å². The Morgan fingerprint density at radius 1 is 1.12 bits per heavy atom. The number of aliphatic hydroxyl groups is 2. The van der Waals surface area contributed by atoms with Crippen LogP contribution in [0.1, 0.15) is 0 Å². The summed E-state index contributed by atoms with van der Waals surface area (Å²) in [4.78, 5) is 11.0. The van der Waals surface area contributed by atoms with Crippen LogP contribution >= 0.6 is 0 Å². The summed E-state index contributed by atoms with van der Waals surface area (Å²) in [6.45, 7) is -0.284. The molecule has 0 aromatic heterocycles. The maximum absolute atomic E-state index is 11.0. The third kappa shape index (κ3) is 9.11. The number of nitrogens with one attached hydrogen (secondary N) is 1. The summed E-state index contributed by atoms with van der Waals surface area (Å²) < 4.78 is 92.0. The number of hydrogen-bond donors (Lipinski definition) is 3. The molecule has 3 N–H and O–H groups in total. The zero-order valence-corrected chi connectivity index (χ0v) is 25.1. The fraction of sp³-hybridized carbons (Fsp3) is 0.750. The van der Waals surface area contributed by atoms with E-state index >= 15 is 0 Å². The van der Waals surface area contributed by atoms with Gasteiger partial charge in [-0.2, -0.15) is 0 Å².